The van der Waals surface area contributed by atoms with Crippen molar-refractivity contribution in [2.75, 3.05) is 13.2 Å². The van der Waals surface area contributed by atoms with Gasteiger partial charge in [-0.25, -0.2) is 0 Å². The van der Waals surface area contributed by atoms with Gasteiger partial charge >= 0.3 is 5.97 Å². The third-order valence-electron chi connectivity index (χ3n) is 7.75. The molecule has 0 saturated carbocycles. The summed E-state index contributed by atoms with van der Waals surface area (Å²) in [5.41, 5.74) is 1.53. The number of unbranched alkanes of at least 4 members (excludes halogenated alkanes) is 14. The predicted molar refractivity (Wildman–Crippen MR) is 177 cm³/mol. The van der Waals surface area contributed by atoms with Gasteiger partial charge < -0.3 is 14.2 Å². The van der Waals surface area contributed by atoms with Gasteiger partial charge in [0, 0.05) is 24.5 Å². The minimum absolute atomic E-state index is 0.0491. The van der Waals surface area contributed by atoms with Gasteiger partial charge in [-0.15, -0.1) is 0 Å². The number of benzene rings is 2. The molecular weight excluding hydrogens is 536 g/mol. The Labute approximate surface area is 262 Å². The van der Waals surface area contributed by atoms with E-state index in [4.69, 9.17) is 14.2 Å². The molecule has 0 unspecified atom stereocenters. The van der Waals surface area contributed by atoms with Gasteiger partial charge in [0.25, 0.3) is 0 Å². The molecule has 43 heavy (non-hydrogen) atoms. The molecule has 2 rings (SSSR count). The maximum Gasteiger partial charge on any atom is 0.306 e. The van der Waals surface area contributed by atoms with Crippen molar-refractivity contribution in [2.45, 2.75) is 142 Å². The molecule has 240 valence electrons. The van der Waals surface area contributed by atoms with Crippen molar-refractivity contribution < 1.29 is 23.8 Å². The van der Waals surface area contributed by atoms with Crippen LogP contribution in [0.4, 0.5) is 0 Å². The van der Waals surface area contributed by atoms with Crippen molar-refractivity contribution in [1.82, 2.24) is 0 Å². The van der Waals surface area contributed by atoms with Crippen LogP contribution < -0.4 is 9.47 Å². The molecule has 5 heteroatoms. The lowest BCUT2D eigenvalue weighted by Gasteiger charge is -2.13. The molecule has 2 aromatic rings. The molecule has 0 bridgehead atoms. The van der Waals surface area contributed by atoms with Crippen LogP contribution in [0.25, 0.3) is 0 Å². The Hall–Kier alpha value is -2.82. The van der Waals surface area contributed by atoms with Crippen molar-refractivity contribution in [3.8, 4) is 11.5 Å². The molecule has 0 N–H and O–H groups in total. The molecular formula is C38H58O5. The number of ether oxygens (including phenoxy) is 3. The lowest BCUT2D eigenvalue weighted by molar-refractivity contribution is -0.145. The van der Waals surface area contributed by atoms with E-state index in [1.165, 1.54) is 89.9 Å². The standard InChI is InChI=1S/C38H58O5/c1-3-5-7-9-11-13-15-20-27-41-35-29-33(30-36(31-35)42-28-21-16-14-12-10-8-6-4-2)32-43-38(40)26-22-25-37(39)34-23-18-17-19-24-34/h17-19,23-24,29-31H,3-16,20-22,25-28,32H2,1-2H3. The normalized spacial score (nSPS) is 10.9. The van der Waals surface area contributed by atoms with E-state index in [1.54, 1.807) is 12.1 Å². The molecule has 0 saturated heterocycles. The van der Waals surface area contributed by atoms with Crippen LogP contribution in [-0.2, 0) is 16.1 Å². The summed E-state index contributed by atoms with van der Waals surface area (Å²) >= 11 is 0. The third-order valence-corrected chi connectivity index (χ3v) is 7.75. The lowest BCUT2D eigenvalue weighted by atomic mass is 10.1. The van der Waals surface area contributed by atoms with E-state index in [9.17, 15) is 9.59 Å². The molecule has 0 aliphatic carbocycles. The van der Waals surface area contributed by atoms with Gasteiger partial charge in [0.2, 0.25) is 0 Å². The Bertz CT molecular complexity index is 947. The zero-order valence-corrected chi connectivity index (χ0v) is 27.2. The monoisotopic (exact) mass is 594 g/mol. The molecule has 0 heterocycles. The quantitative estimate of drug-likeness (QED) is 0.0585. The number of esters is 1. The first-order valence-corrected chi connectivity index (χ1v) is 17.3. The van der Waals surface area contributed by atoms with Gasteiger partial charge in [-0.3, -0.25) is 9.59 Å². The fourth-order valence-electron chi connectivity index (χ4n) is 5.13. The first kappa shape index (κ1) is 36.4. The van der Waals surface area contributed by atoms with Crippen molar-refractivity contribution in [1.29, 1.82) is 0 Å². The Balaban J connectivity index is 1.78. The molecule has 5 nitrogen and oxygen atoms in total. The molecule has 0 spiro atoms. The van der Waals surface area contributed by atoms with Gasteiger partial charge in [0.05, 0.1) is 13.2 Å². The van der Waals surface area contributed by atoms with E-state index >= 15 is 0 Å². The van der Waals surface area contributed by atoms with Crippen molar-refractivity contribution in [2.24, 2.45) is 0 Å². The highest BCUT2D eigenvalue weighted by Crippen LogP contribution is 2.25. The lowest BCUT2D eigenvalue weighted by Crippen LogP contribution is -2.07. The minimum Gasteiger partial charge on any atom is -0.493 e. The highest BCUT2D eigenvalue weighted by molar-refractivity contribution is 5.96. The van der Waals surface area contributed by atoms with Crippen LogP contribution in [0.1, 0.15) is 152 Å². The number of Topliss-reactive ketones (excluding diaryl/α,β-unsaturated/α-hetero) is 1. The van der Waals surface area contributed by atoms with Gasteiger partial charge in [-0.2, -0.15) is 0 Å². The first-order valence-electron chi connectivity index (χ1n) is 17.3. The number of carbonyl (C=O) groups is 2. The van der Waals surface area contributed by atoms with Crippen molar-refractivity contribution in [3.63, 3.8) is 0 Å². The van der Waals surface area contributed by atoms with Crippen molar-refractivity contribution in [3.05, 3.63) is 59.7 Å². The summed E-state index contributed by atoms with van der Waals surface area (Å²) in [7, 11) is 0. The van der Waals surface area contributed by atoms with E-state index in [2.05, 4.69) is 13.8 Å². The highest BCUT2D eigenvalue weighted by Gasteiger charge is 2.10. The summed E-state index contributed by atoms with van der Waals surface area (Å²) in [6.45, 7) is 6.01. The average molecular weight is 595 g/mol. The topological polar surface area (TPSA) is 61.8 Å². The smallest absolute Gasteiger partial charge is 0.306 e. The maximum absolute atomic E-state index is 12.4. The van der Waals surface area contributed by atoms with Gasteiger partial charge in [-0.1, -0.05) is 134 Å². The van der Waals surface area contributed by atoms with Crippen LogP contribution >= 0.6 is 0 Å². The summed E-state index contributed by atoms with van der Waals surface area (Å²) in [6.07, 6.45) is 21.2. The molecule has 0 atom stereocenters. The maximum atomic E-state index is 12.4. The number of ketones is 1. The Morgan fingerprint density at radius 2 is 1.05 bits per heavy atom. The zero-order valence-electron chi connectivity index (χ0n) is 27.2. The summed E-state index contributed by atoms with van der Waals surface area (Å²) in [5.74, 6) is 1.27. The Morgan fingerprint density at radius 3 is 1.56 bits per heavy atom. The van der Waals surface area contributed by atoms with Crippen LogP contribution in [-0.4, -0.2) is 25.0 Å². The first-order chi connectivity index (χ1) is 21.1. The average Bonchev–Trinajstić information content (AvgIpc) is 3.02. The molecule has 0 fully saturated rings. The fourth-order valence-corrected chi connectivity index (χ4v) is 5.13. The minimum atomic E-state index is -0.299. The van der Waals surface area contributed by atoms with Crippen LogP contribution in [0.5, 0.6) is 11.5 Å². The summed E-state index contributed by atoms with van der Waals surface area (Å²) in [4.78, 5) is 24.7. The zero-order chi connectivity index (χ0) is 30.8. The molecule has 2 aromatic carbocycles. The third kappa shape index (κ3) is 18.5. The van der Waals surface area contributed by atoms with E-state index < -0.39 is 0 Å². The van der Waals surface area contributed by atoms with Gasteiger partial charge in [-0.05, 0) is 37.0 Å². The number of hydrogen-bond donors (Lipinski definition) is 0. The molecule has 0 aromatic heterocycles. The summed E-state index contributed by atoms with van der Waals surface area (Å²) in [6, 6.07) is 15.0. The number of carbonyl (C=O) groups excluding carboxylic acids is 2. The molecule has 0 amide bonds. The van der Waals surface area contributed by atoms with E-state index in [1.807, 2.05) is 36.4 Å². The second-order valence-corrected chi connectivity index (χ2v) is 11.8. The van der Waals surface area contributed by atoms with E-state index in [0.717, 1.165) is 29.9 Å². The SMILES string of the molecule is CCCCCCCCCCOc1cc(COC(=O)CCCC(=O)c2ccccc2)cc(OCCCCCCCCCC)c1. The predicted octanol–water partition coefficient (Wildman–Crippen LogP) is 10.8. The fraction of sp³-hybridized carbons (Fsp3) is 0.632. The second-order valence-electron chi connectivity index (χ2n) is 11.8. The second kappa shape index (κ2) is 24.6. The van der Waals surface area contributed by atoms with Crippen LogP contribution in [0.2, 0.25) is 0 Å². The summed E-state index contributed by atoms with van der Waals surface area (Å²) < 4.78 is 17.8. The number of rotatable bonds is 27. The highest BCUT2D eigenvalue weighted by atomic mass is 16.5. The molecule has 0 radical (unpaired) electrons. The Kier molecular flexibility index (Phi) is 20.8. The molecule has 0 aliphatic heterocycles. The van der Waals surface area contributed by atoms with Crippen LogP contribution in [0.15, 0.2) is 48.5 Å². The number of hydrogen-bond acceptors (Lipinski definition) is 5. The van der Waals surface area contributed by atoms with Gasteiger partial charge in [0.1, 0.15) is 18.1 Å². The largest absolute Gasteiger partial charge is 0.493 e. The van der Waals surface area contributed by atoms with Crippen LogP contribution in [0, 0.1) is 0 Å². The summed E-state index contributed by atoms with van der Waals surface area (Å²) in [5, 5.41) is 0. The van der Waals surface area contributed by atoms with Crippen molar-refractivity contribution >= 4 is 11.8 Å². The van der Waals surface area contributed by atoms with Crippen LogP contribution in [0.3, 0.4) is 0 Å². The Morgan fingerprint density at radius 1 is 0.558 bits per heavy atom. The van der Waals surface area contributed by atoms with E-state index in [0.29, 0.717) is 31.6 Å². The molecule has 0 aliphatic rings. The van der Waals surface area contributed by atoms with Gasteiger partial charge in [0.15, 0.2) is 5.78 Å². The van der Waals surface area contributed by atoms with E-state index in [-0.39, 0.29) is 24.8 Å².